The van der Waals surface area contributed by atoms with Gasteiger partial charge in [0.1, 0.15) is 11.6 Å². The lowest BCUT2D eigenvalue weighted by Crippen LogP contribution is -2.29. The van der Waals surface area contributed by atoms with E-state index in [4.69, 9.17) is 9.88 Å². The van der Waals surface area contributed by atoms with Crippen LogP contribution in [0.4, 0.5) is 4.39 Å². The van der Waals surface area contributed by atoms with Gasteiger partial charge in [-0.05, 0) is 19.1 Å². The highest BCUT2D eigenvalue weighted by molar-refractivity contribution is 7.89. The average molecular weight is 276 g/mol. The molecule has 0 bridgehead atoms. The first-order valence-corrected chi connectivity index (χ1v) is 7.13. The molecule has 18 heavy (non-hydrogen) atoms. The van der Waals surface area contributed by atoms with Crippen LogP contribution in [0, 0.1) is 5.82 Å². The van der Waals surface area contributed by atoms with Crippen LogP contribution in [0.2, 0.25) is 0 Å². The van der Waals surface area contributed by atoms with Crippen molar-refractivity contribution in [3.8, 4) is 5.75 Å². The molecule has 0 spiro atoms. The molecule has 1 unspecified atom stereocenters. The van der Waals surface area contributed by atoms with Gasteiger partial charge in [-0.15, -0.1) is 0 Å². The Morgan fingerprint density at radius 2 is 2.17 bits per heavy atom. The minimum Gasteiger partial charge on any atom is -0.496 e. The second-order valence-electron chi connectivity index (χ2n) is 3.90. The zero-order valence-electron chi connectivity index (χ0n) is 10.3. The molecular formula is C11H17FN2O3S. The van der Waals surface area contributed by atoms with E-state index in [2.05, 4.69) is 5.32 Å². The largest absolute Gasteiger partial charge is 0.496 e. The molecular weight excluding hydrogens is 259 g/mol. The number of hydrogen-bond donors (Lipinski definition) is 2. The van der Waals surface area contributed by atoms with Crippen LogP contribution >= 0.6 is 0 Å². The summed E-state index contributed by atoms with van der Waals surface area (Å²) in [5.74, 6) is -0.177. The number of sulfonamides is 1. The Labute approximate surface area is 106 Å². The molecule has 1 atom stereocenters. The van der Waals surface area contributed by atoms with Crippen molar-refractivity contribution >= 4 is 10.0 Å². The first kappa shape index (κ1) is 14.9. The molecule has 5 nitrogen and oxygen atoms in total. The van der Waals surface area contributed by atoms with Crippen LogP contribution in [0.3, 0.4) is 0 Å². The van der Waals surface area contributed by atoms with E-state index in [9.17, 15) is 12.8 Å². The van der Waals surface area contributed by atoms with Gasteiger partial charge in [-0.25, -0.2) is 17.9 Å². The summed E-state index contributed by atoms with van der Waals surface area (Å²) in [7, 11) is -2.06. The summed E-state index contributed by atoms with van der Waals surface area (Å²) in [5, 5.41) is 7.77. The number of rotatable bonds is 6. The van der Waals surface area contributed by atoms with Gasteiger partial charge in [-0.2, -0.15) is 0 Å². The van der Waals surface area contributed by atoms with Crippen molar-refractivity contribution in [3.63, 3.8) is 0 Å². The topological polar surface area (TPSA) is 81.4 Å². The molecule has 0 amide bonds. The lowest BCUT2D eigenvalue weighted by atomic mass is 10.1. The van der Waals surface area contributed by atoms with Gasteiger partial charge >= 0.3 is 0 Å². The Balaban J connectivity index is 2.75. The predicted molar refractivity (Wildman–Crippen MR) is 67.3 cm³/mol. The maximum absolute atomic E-state index is 13.7. The number of primary sulfonamides is 1. The Morgan fingerprint density at radius 1 is 1.50 bits per heavy atom. The molecule has 0 saturated heterocycles. The van der Waals surface area contributed by atoms with Crippen molar-refractivity contribution in [3.05, 3.63) is 29.6 Å². The third-order valence-electron chi connectivity index (χ3n) is 2.50. The molecule has 0 aromatic heterocycles. The Morgan fingerprint density at radius 3 is 2.72 bits per heavy atom. The van der Waals surface area contributed by atoms with Crippen LogP contribution in [0.15, 0.2) is 18.2 Å². The second kappa shape index (κ2) is 6.12. The van der Waals surface area contributed by atoms with Crippen LogP contribution in [0.5, 0.6) is 5.75 Å². The lowest BCUT2D eigenvalue weighted by Gasteiger charge is -2.17. The number of benzene rings is 1. The number of hydrogen-bond acceptors (Lipinski definition) is 4. The molecule has 7 heteroatoms. The third kappa shape index (κ3) is 4.25. The van der Waals surface area contributed by atoms with E-state index in [0.29, 0.717) is 11.3 Å². The van der Waals surface area contributed by atoms with Crippen molar-refractivity contribution < 1.29 is 17.5 Å². The predicted octanol–water partition coefficient (Wildman–Crippen LogP) is 0.773. The fraction of sp³-hybridized carbons (Fsp3) is 0.455. The van der Waals surface area contributed by atoms with Crippen molar-refractivity contribution in [2.24, 2.45) is 5.14 Å². The van der Waals surface area contributed by atoms with Gasteiger partial charge < -0.3 is 10.1 Å². The summed E-state index contributed by atoms with van der Waals surface area (Å²) < 4.78 is 40.3. The van der Waals surface area contributed by atoms with Gasteiger partial charge in [0.25, 0.3) is 0 Å². The van der Waals surface area contributed by atoms with Gasteiger partial charge in [0.2, 0.25) is 10.0 Å². The molecule has 1 aromatic rings. The van der Waals surface area contributed by atoms with Crippen molar-refractivity contribution in [2.75, 3.05) is 19.4 Å². The van der Waals surface area contributed by atoms with Gasteiger partial charge in [0.15, 0.2) is 0 Å². The third-order valence-corrected chi connectivity index (χ3v) is 3.28. The smallest absolute Gasteiger partial charge is 0.210 e. The van der Waals surface area contributed by atoms with Crippen LogP contribution in [0.25, 0.3) is 0 Å². The van der Waals surface area contributed by atoms with Crippen molar-refractivity contribution in [1.29, 1.82) is 0 Å². The van der Waals surface area contributed by atoms with E-state index in [1.165, 1.54) is 13.2 Å². The zero-order valence-corrected chi connectivity index (χ0v) is 11.1. The number of nitrogens with two attached hydrogens (primary N) is 1. The molecule has 0 aliphatic heterocycles. The van der Waals surface area contributed by atoms with Crippen LogP contribution in [-0.2, 0) is 10.0 Å². The average Bonchev–Trinajstić information content (AvgIpc) is 2.26. The maximum Gasteiger partial charge on any atom is 0.210 e. The van der Waals surface area contributed by atoms with E-state index in [0.717, 1.165) is 0 Å². The van der Waals surface area contributed by atoms with Crippen molar-refractivity contribution in [2.45, 2.75) is 13.0 Å². The molecule has 0 aliphatic carbocycles. The van der Waals surface area contributed by atoms with E-state index < -0.39 is 15.8 Å². The molecule has 0 fully saturated rings. The minimum absolute atomic E-state index is 0.150. The molecule has 1 rings (SSSR count). The van der Waals surface area contributed by atoms with Gasteiger partial charge in [0, 0.05) is 18.2 Å². The van der Waals surface area contributed by atoms with Crippen molar-refractivity contribution in [1.82, 2.24) is 5.32 Å². The number of ether oxygens (including phenoxy) is 1. The van der Waals surface area contributed by atoms with E-state index in [1.807, 2.05) is 0 Å². The first-order valence-electron chi connectivity index (χ1n) is 5.41. The van der Waals surface area contributed by atoms with E-state index in [-0.39, 0.29) is 18.3 Å². The summed E-state index contributed by atoms with van der Waals surface area (Å²) in [6, 6.07) is 4.16. The fourth-order valence-corrected chi connectivity index (χ4v) is 2.04. The Kier molecular flexibility index (Phi) is 5.06. The first-order chi connectivity index (χ1) is 8.35. The van der Waals surface area contributed by atoms with Crippen LogP contribution in [0.1, 0.15) is 18.5 Å². The molecule has 102 valence electrons. The summed E-state index contributed by atoms with van der Waals surface area (Å²) >= 11 is 0. The number of halogens is 1. The fourth-order valence-electron chi connectivity index (χ4n) is 1.64. The summed E-state index contributed by atoms with van der Waals surface area (Å²) in [6.07, 6.45) is 0. The zero-order chi connectivity index (χ0) is 13.8. The van der Waals surface area contributed by atoms with Gasteiger partial charge in [-0.3, -0.25) is 0 Å². The quantitative estimate of drug-likeness (QED) is 0.804. The second-order valence-corrected chi connectivity index (χ2v) is 5.63. The summed E-state index contributed by atoms with van der Waals surface area (Å²) in [4.78, 5) is 0. The molecule has 0 saturated carbocycles. The maximum atomic E-state index is 13.7. The Hall–Kier alpha value is -1.18. The number of nitrogens with one attached hydrogen (secondary N) is 1. The minimum atomic E-state index is -3.52. The molecule has 1 aromatic carbocycles. The highest BCUT2D eigenvalue weighted by atomic mass is 32.2. The normalized spacial score (nSPS) is 13.3. The molecule has 0 radical (unpaired) electrons. The van der Waals surface area contributed by atoms with Crippen LogP contribution in [-0.4, -0.2) is 27.8 Å². The Bertz CT molecular complexity index is 505. The molecule has 0 aliphatic rings. The highest BCUT2D eigenvalue weighted by Crippen LogP contribution is 2.27. The standard InChI is InChI=1S/C11H17FN2O3S/c1-8(14-6-7-18(13,15)16)11-9(12)4-3-5-10(11)17-2/h3-5,8,14H,6-7H2,1-2H3,(H2,13,15,16). The molecule has 3 N–H and O–H groups in total. The number of methoxy groups -OCH3 is 1. The lowest BCUT2D eigenvalue weighted by molar-refractivity contribution is 0.395. The van der Waals surface area contributed by atoms with Gasteiger partial charge in [-0.1, -0.05) is 6.07 Å². The van der Waals surface area contributed by atoms with E-state index >= 15 is 0 Å². The SMILES string of the molecule is COc1cccc(F)c1C(C)NCCS(N)(=O)=O. The van der Waals surface area contributed by atoms with Crippen LogP contribution < -0.4 is 15.2 Å². The summed E-state index contributed by atoms with van der Waals surface area (Å²) in [6.45, 7) is 1.88. The van der Waals surface area contributed by atoms with E-state index in [1.54, 1.807) is 19.1 Å². The summed E-state index contributed by atoms with van der Waals surface area (Å²) in [5.41, 5.74) is 0.370. The molecule has 0 heterocycles. The highest BCUT2D eigenvalue weighted by Gasteiger charge is 2.16. The monoisotopic (exact) mass is 276 g/mol. The van der Waals surface area contributed by atoms with Gasteiger partial charge in [0.05, 0.1) is 12.9 Å².